The van der Waals surface area contributed by atoms with Crippen LogP contribution in [0.15, 0.2) is 41.8 Å². The molecule has 0 spiro atoms. The minimum atomic E-state index is -0.540. The van der Waals surface area contributed by atoms with E-state index in [2.05, 4.69) is 15.6 Å². The molecule has 3 aromatic rings. The van der Waals surface area contributed by atoms with Crippen LogP contribution in [-0.4, -0.2) is 45.2 Å². The van der Waals surface area contributed by atoms with Gasteiger partial charge in [-0.3, -0.25) is 0 Å². The molecule has 8 nitrogen and oxygen atoms in total. The van der Waals surface area contributed by atoms with Crippen LogP contribution in [0.25, 0.3) is 5.65 Å². The van der Waals surface area contributed by atoms with Gasteiger partial charge in [-0.1, -0.05) is 5.16 Å². The fourth-order valence-corrected chi connectivity index (χ4v) is 3.21. The summed E-state index contributed by atoms with van der Waals surface area (Å²) in [6.07, 6.45) is 3.52. The molecule has 9 heteroatoms. The van der Waals surface area contributed by atoms with E-state index in [1.54, 1.807) is 23.9 Å². The van der Waals surface area contributed by atoms with Crippen molar-refractivity contribution in [2.45, 2.75) is 32.5 Å². The van der Waals surface area contributed by atoms with Crippen LogP contribution in [0.4, 0.5) is 10.2 Å². The number of amidine groups is 1. The van der Waals surface area contributed by atoms with E-state index in [0.717, 1.165) is 5.56 Å². The molecule has 4 rings (SSSR count). The zero-order valence-corrected chi connectivity index (χ0v) is 17.0. The Kier molecular flexibility index (Phi) is 4.52. The van der Waals surface area contributed by atoms with Crippen molar-refractivity contribution >= 4 is 17.3 Å². The van der Waals surface area contributed by atoms with Crippen molar-refractivity contribution in [3.05, 3.63) is 53.6 Å². The van der Waals surface area contributed by atoms with E-state index in [-0.39, 0.29) is 11.9 Å². The van der Waals surface area contributed by atoms with Gasteiger partial charge in [-0.2, -0.15) is 5.10 Å². The minimum absolute atomic E-state index is 0.226. The maximum Gasteiger partial charge on any atom is 0.205 e. The van der Waals surface area contributed by atoms with Crippen molar-refractivity contribution in [2.24, 2.45) is 5.16 Å². The molecule has 0 fully saturated rings. The Balaban J connectivity index is 1.66. The highest BCUT2D eigenvalue weighted by atomic mass is 19.1. The third-order valence-corrected chi connectivity index (χ3v) is 5.11. The molecule has 0 bridgehead atoms. The van der Waals surface area contributed by atoms with Crippen LogP contribution < -0.4 is 10.1 Å². The monoisotopic (exact) mass is 398 g/mol. The lowest BCUT2D eigenvalue weighted by atomic mass is 10.1. The van der Waals surface area contributed by atoms with Crippen LogP contribution in [0, 0.1) is 5.82 Å². The number of rotatable bonds is 5. The second-order valence-electron chi connectivity index (χ2n) is 7.40. The van der Waals surface area contributed by atoms with Gasteiger partial charge in [-0.25, -0.2) is 13.9 Å². The number of benzene rings is 1. The van der Waals surface area contributed by atoms with Gasteiger partial charge >= 0.3 is 0 Å². The van der Waals surface area contributed by atoms with E-state index in [9.17, 15) is 4.39 Å². The molecule has 1 aromatic carbocycles. The van der Waals surface area contributed by atoms with Crippen LogP contribution in [0.5, 0.6) is 5.75 Å². The average Bonchev–Trinajstić information content (AvgIpc) is 3.22. The molecule has 1 N–H and O–H groups in total. The summed E-state index contributed by atoms with van der Waals surface area (Å²) in [5.41, 5.74) is 1.57. The highest BCUT2D eigenvalue weighted by Crippen LogP contribution is 2.29. The Bertz CT molecular complexity index is 1090. The van der Waals surface area contributed by atoms with Crippen molar-refractivity contribution < 1.29 is 14.0 Å². The quantitative estimate of drug-likeness (QED) is 0.710. The van der Waals surface area contributed by atoms with Crippen molar-refractivity contribution in [1.82, 2.24) is 19.5 Å². The lowest BCUT2D eigenvalue weighted by molar-refractivity contribution is -0.0593. The van der Waals surface area contributed by atoms with Gasteiger partial charge in [0.1, 0.15) is 17.4 Å². The normalized spacial score (nSPS) is 16.5. The van der Waals surface area contributed by atoms with Crippen molar-refractivity contribution in [1.29, 1.82) is 0 Å². The van der Waals surface area contributed by atoms with Crippen LogP contribution in [-0.2, 0) is 4.84 Å². The Morgan fingerprint density at radius 1 is 1.28 bits per heavy atom. The van der Waals surface area contributed by atoms with Crippen molar-refractivity contribution in [3.63, 3.8) is 0 Å². The molecule has 0 saturated carbocycles. The summed E-state index contributed by atoms with van der Waals surface area (Å²) in [6.45, 7) is 5.79. The first-order valence-electron chi connectivity index (χ1n) is 9.25. The first-order valence-corrected chi connectivity index (χ1v) is 9.25. The molecule has 2 aromatic heterocycles. The SMILES string of the molecule is COc1ccc(F)cc1[C@@H](C)Nc1ccn2ncc(C3=NOC(C)(C)N3C)c2n1. The predicted octanol–water partition coefficient (Wildman–Crippen LogP) is 3.41. The van der Waals surface area contributed by atoms with Gasteiger partial charge in [0.2, 0.25) is 5.72 Å². The van der Waals surface area contributed by atoms with E-state index in [1.807, 2.05) is 45.0 Å². The van der Waals surface area contributed by atoms with Crippen LogP contribution in [0.1, 0.15) is 37.9 Å². The topological polar surface area (TPSA) is 76.3 Å². The molecule has 3 heterocycles. The Morgan fingerprint density at radius 3 is 2.76 bits per heavy atom. The van der Waals surface area contributed by atoms with E-state index in [0.29, 0.717) is 28.6 Å². The van der Waals surface area contributed by atoms with Crippen molar-refractivity contribution in [3.8, 4) is 5.75 Å². The summed E-state index contributed by atoms with van der Waals surface area (Å²) in [6, 6.07) is 6.04. The number of oxime groups is 1. The lowest BCUT2D eigenvalue weighted by Gasteiger charge is -2.26. The Labute approximate surface area is 167 Å². The van der Waals surface area contributed by atoms with Crippen molar-refractivity contribution in [2.75, 3.05) is 19.5 Å². The maximum atomic E-state index is 13.7. The van der Waals surface area contributed by atoms with E-state index < -0.39 is 5.72 Å². The number of aromatic nitrogens is 3. The summed E-state index contributed by atoms with van der Waals surface area (Å²) in [5.74, 6) is 1.58. The standard InChI is InChI=1S/C20H23FN6O2/c1-12(14-10-13(21)6-7-16(14)28-5)23-17-8-9-27-18(24-17)15(11-22-27)19-25-29-20(2,3)26(19)4/h6-12H,1-5H3,(H,23,24)/t12-/m1/s1. The number of halogens is 1. The van der Waals surface area contributed by atoms with Crippen LogP contribution in [0.2, 0.25) is 0 Å². The largest absolute Gasteiger partial charge is 0.496 e. The number of hydrogen-bond acceptors (Lipinski definition) is 7. The molecule has 1 atom stereocenters. The lowest BCUT2D eigenvalue weighted by Crippen LogP contribution is -2.40. The second kappa shape index (κ2) is 6.91. The molecule has 0 unspecified atom stereocenters. The molecular formula is C20H23FN6O2. The zero-order chi connectivity index (χ0) is 20.8. The number of nitrogens with zero attached hydrogens (tertiary/aromatic N) is 5. The van der Waals surface area contributed by atoms with Gasteiger partial charge in [-0.15, -0.1) is 0 Å². The summed E-state index contributed by atoms with van der Waals surface area (Å²) in [4.78, 5) is 12.1. The number of methoxy groups -OCH3 is 1. The summed E-state index contributed by atoms with van der Waals surface area (Å²) >= 11 is 0. The highest BCUT2D eigenvalue weighted by molar-refractivity contribution is 6.04. The smallest absolute Gasteiger partial charge is 0.205 e. The number of anilines is 1. The molecule has 29 heavy (non-hydrogen) atoms. The van der Waals surface area contributed by atoms with E-state index in [1.165, 1.54) is 12.1 Å². The third kappa shape index (κ3) is 3.32. The minimum Gasteiger partial charge on any atom is -0.496 e. The van der Waals surface area contributed by atoms with Gasteiger partial charge in [0.05, 0.1) is 24.9 Å². The summed E-state index contributed by atoms with van der Waals surface area (Å²) in [7, 11) is 3.48. The fourth-order valence-electron chi connectivity index (χ4n) is 3.21. The molecule has 0 radical (unpaired) electrons. The number of nitrogens with one attached hydrogen (secondary N) is 1. The zero-order valence-electron chi connectivity index (χ0n) is 17.0. The van der Waals surface area contributed by atoms with Crippen LogP contribution in [0.3, 0.4) is 0 Å². The Hall–Kier alpha value is -3.36. The van der Waals surface area contributed by atoms with Gasteiger partial charge in [-0.05, 0) is 45.0 Å². The number of hydrogen-bond donors (Lipinski definition) is 1. The number of fused-ring (bicyclic) bond motifs is 1. The molecule has 152 valence electrons. The molecule has 0 saturated heterocycles. The van der Waals surface area contributed by atoms with Crippen LogP contribution >= 0.6 is 0 Å². The molecule has 0 amide bonds. The first kappa shape index (κ1) is 19.0. The molecule has 0 aliphatic carbocycles. The van der Waals surface area contributed by atoms with Gasteiger partial charge in [0, 0.05) is 18.8 Å². The first-order chi connectivity index (χ1) is 13.8. The molecular weight excluding hydrogens is 375 g/mol. The fraction of sp³-hybridized carbons (Fsp3) is 0.350. The summed E-state index contributed by atoms with van der Waals surface area (Å²) < 4.78 is 20.8. The highest BCUT2D eigenvalue weighted by Gasteiger charge is 2.36. The predicted molar refractivity (Wildman–Crippen MR) is 107 cm³/mol. The molecule has 1 aliphatic heterocycles. The maximum absolute atomic E-state index is 13.7. The summed E-state index contributed by atoms with van der Waals surface area (Å²) in [5, 5.41) is 11.9. The van der Waals surface area contributed by atoms with Gasteiger partial charge in [0.15, 0.2) is 11.5 Å². The Morgan fingerprint density at radius 2 is 2.07 bits per heavy atom. The average molecular weight is 398 g/mol. The van der Waals surface area contributed by atoms with Gasteiger partial charge in [0.25, 0.3) is 0 Å². The second-order valence-corrected chi connectivity index (χ2v) is 7.40. The number of ether oxygens (including phenoxy) is 1. The van der Waals surface area contributed by atoms with E-state index >= 15 is 0 Å². The van der Waals surface area contributed by atoms with E-state index in [4.69, 9.17) is 14.6 Å². The molecule has 1 aliphatic rings. The third-order valence-electron chi connectivity index (χ3n) is 5.11. The van der Waals surface area contributed by atoms with Gasteiger partial charge < -0.3 is 19.8 Å².